The monoisotopic (exact) mass is 199 g/mol. The lowest BCUT2D eigenvalue weighted by Crippen LogP contribution is -2.27. The van der Waals surface area contributed by atoms with Crippen molar-refractivity contribution in [3.8, 4) is 0 Å². The van der Waals surface area contributed by atoms with Gasteiger partial charge in [-0.1, -0.05) is 25.7 Å². The number of rotatable bonds is 5. The van der Waals surface area contributed by atoms with Crippen LogP contribution in [-0.2, 0) is 4.79 Å². The summed E-state index contributed by atoms with van der Waals surface area (Å²) in [5.74, 6) is 0.0814. The first-order valence-electron chi connectivity index (χ1n) is 5.66. The van der Waals surface area contributed by atoms with E-state index >= 15 is 0 Å². The van der Waals surface area contributed by atoms with Crippen LogP contribution in [0.15, 0.2) is 0 Å². The van der Waals surface area contributed by atoms with E-state index in [9.17, 15) is 4.79 Å². The normalized spacial score (nSPS) is 27.5. The van der Waals surface area contributed by atoms with Crippen LogP contribution in [0.3, 0.4) is 0 Å². The van der Waals surface area contributed by atoms with Crippen molar-refractivity contribution in [2.24, 2.45) is 11.7 Å². The number of hydrogen-bond donors (Lipinski definition) is 2. The molecule has 0 spiro atoms. The quantitative estimate of drug-likeness (QED) is 0.667. The number of hydrogen-bond acceptors (Lipinski definition) is 2. The average molecular weight is 199 g/mol. The van der Waals surface area contributed by atoms with E-state index in [1.165, 1.54) is 25.7 Å². The third-order valence-corrected chi connectivity index (χ3v) is 3.08. The lowest BCUT2D eigenvalue weighted by Gasteiger charge is -2.26. The third kappa shape index (κ3) is 4.61. The summed E-state index contributed by atoms with van der Waals surface area (Å²) in [5, 5.41) is 8.47. The van der Waals surface area contributed by atoms with Crippen LogP contribution in [0.1, 0.15) is 51.4 Å². The van der Waals surface area contributed by atoms with Crippen molar-refractivity contribution in [2.75, 3.05) is 0 Å². The Labute approximate surface area is 85.7 Å². The molecule has 3 nitrogen and oxygen atoms in total. The number of carboxylic acids is 1. The SMILES string of the molecule is NC1CCCC(CCCCC(=O)O)C1. The maximum Gasteiger partial charge on any atom is 0.303 e. The van der Waals surface area contributed by atoms with Crippen molar-refractivity contribution in [1.29, 1.82) is 0 Å². The van der Waals surface area contributed by atoms with E-state index in [0.717, 1.165) is 25.2 Å². The molecular formula is C11H21NO2. The minimum absolute atomic E-state index is 0.318. The summed E-state index contributed by atoms with van der Waals surface area (Å²) in [4.78, 5) is 10.3. The second-order valence-corrected chi connectivity index (χ2v) is 4.43. The van der Waals surface area contributed by atoms with E-state index < -0.39 is 5.97 Å². The van der Waals surface area contributed by atoms with Gasteiger partial charge in [-0.15, -0.1) is 0 Å². The molecule has 2 unspecified atom stereocenters. The third-order valence-electron chi connectivity index (χ3n) is 3.08. The molecular weight excluding hydrogens is 178 g/mol. The molecule has 0 bridgehead atoms. The Morgan fingerprint density at radius 3 is 2.79 bits per heavy atom. The maximum atomic E-state index is 10.3. The molecule has 0 aliphatic heterocycles. The molecule has 1 aliphatic rings. The zero-order valence-electron chi connectivity index (χ0n) is 8.74. The van der Waals surface area contributed by atoms with Gasteiger partial charge in [-0.2, -0.15) is 0 Å². The van der Waals surface area contributed by atoms with Gasteiger partial charge in [0.05, 0.1) is 0 Å². The Morgan fingerprint density at radius 1 is 1.36 bits per heavy atom. The van der Waals surface area contributed by atoms with Crippen LogP contribution in [0, 0.1) is 5.92 Å². The van der Waals surface area contributed by atoms with E-state index in [2.05, 4.69) is 0 Å². The van der Waals surface area contributed by atoms with Gasteiger partial charge in [0.15, 0.2) is 0 Å². The van der Waals surface area contributed by atoms with E-state index in [0.29, 0.717) is 12.5 Å². The molecule has 1 rings (SSSR count). The van der Waals surface area contributed by atoms with Crippen LogP contribution in [0.2, 0.25) is 0 Å². The zero-order chi connectivity index (χ0) is 10.4. The molecule has 1 fully saturated rings. The first kappa shape index (κ1) is 11.5. The number of nitrogens with two attached hydrogens (primary N) is 1. The summed E-state index contributed by atoms with van der Waals surface area (Å²) in [6, 6.07) is 0.397. The summed E-state index contributed by atoms with van der Waals surface area (Å²) in [5.41, 5.74) is 5.88. The minimum Gasteiger partial charge on any atom is -0.481 e. The van der Waals surface area contributed by atoms with Crippen molar-refractivity contribution >= 4 is 5.97 Å². The fourth-order valence-electron chi connectivity index (χ4n) is 2.30. The van der Waals surface area contributed by atoms with Gasteiger partial charge in [0, 0.05) is 12.5 Å². The van der Waals surface area contributed by atoms with E-state index in [4.69, 9.17) is 10.8 Å². The van der Waals surface area contributed by atoms with Gasteiger partial charge in [0.2, 0.25) is 0 Å². The molecule has 0 radical (unpaired) electrons. The Kier molecular flexibility index (Phi) is 4.94. The molecule has 82 valence electrons. The van der Waals surface area contributed by atoms with Crippen LogP contribution < -0.4 is 5.73 Å². The standard InChI is InChI=1S/C11H21NO2/c12-10-6-3-5-9(8-10)4-1-2-7-11(13)14/h9-10H,1-8,12H2,(H,13,14). The van der Waals surface area contributed by atoms with E-state index in [-0.39, 0.29) is 0 Å². The largest absolute Gasteiger partial charge is 0.481 e. The van der Waals surface area contributed by atoms with Crippen molar-refractivity contribution in [2.45, 2.75) is 57.4 Å². The lowest BCUT2D eigenvalue weighted by atomic mass is 9.83. The van der Waals surface area contributed by atoms with Crippen LogP contribution in [-0.4, -0.2) is 17.1 Å². The molecule has 2 atom stereocenters. The lowest BCUT2D eigenvalue weighted by molar-refractivity contribution is -0.137. The number of carboxylic acid groups (broad SMARTS) is 1. The van der Waals surface area contributed by atoms with E-state index in [1.807, 2.05) is 0 Å². The van der Waals surface area contributed by atoms with Gasteiger partial charge in [-0.3, -0.25) is 4.79 Å². The van der Waals surface area contributed by atoms with Gasteiger partial charge in [0.25, 0.3) is 0 Å². The second-order valence-electron chi connectivity index (χ2n) is 4.43. The highest BCUT2D eigenvalue weighted by molar-refractivity contribution is 5.66. The highest BCUT2D eigenvalue weighted by atomic mass is 16.4. The Balaban J connectivity index is 2.03. The van der Waals surface area contributed by atoms with Crippen LogP contribution in [0.25, 0.3) is 0 Å². The zero-order valence-corrected chi connectivity index (χ0v) is 8.74. The fourth-order valence-corrected chi connectivity index (χ4v) is 2.30. The second kappa shape index (κ2) is 6.02. The summed E-state index contributed by atoms with van der Waals surface area (Å²) >= 11 is 0. The summed E-state index contributed by atoms with van der Waals surface area (Å²) in [6.45, 7) is 0. The van der Waals surface area contributed by atoms with Crippen molar-refractivity contribution in [3.05, 3.63) is 0 Å². The van der Waals surface area contributed by atoms with Crippen LogP contribution in [0.4, 0.5) is 0 Å². The molecule has 0 saturated heterocycles. The topological polar surface area (TPSA) is 63.3 Å². The Bertz CT molecular complexity index is 182. The van der Waals surface area contributed by atoms with Gasteiger partial charge in [-0.05, 0) is 25.2 Å². The van der Waals surface area contributed by atoms with Crippen LogP contribution >= 0.6 is 0 Å². The first-order valence-corrected chi connectivity index (χ1v) is 5.66. The predicted molar refractivity (Wildman–Crippen MR) is 56.0 cm³/mol. The first-order chi connectivity index (χ1) is 6.68. The highest BCUT2D eigenvalue weighted by Crippen LogP contribution is 2.27. The Hall–Kier alpha value is -0.570. The number of aliphatic carboxylic acids is 1. The van der Waals surface area contributed by atoms with Crippen molar-refractivity contribution < 1.29 is 9.90 Å². The number of unbranched alkanes of at least 4 members (excludes halogenated alkanes) is 1. The van der Waals surface area contributed by atoms with Gasteiger partial charge in [0.1, 0.15) is 0 Å². The molecule has 1 aliphatic carbocycles. The molecule has 0 amide bonds. The van der Waals surface area contributed by atoms with Crippen molar-refractivity contribution in [3.63, 3.8) is 0 Å². The van der Waals surface area contributed by atoms with Crippen LogP contribution in [0.5, 0.6) is 0 Å². The van der Waals surface area contributed by atoms with E-state index in [1.54, 1.807) is 0 Å². The summed E-state index contributed by atoms with van der Waals surface area (Å²) in [6.07, 6.45) is 8.22. The Morgan fingerprint density at radius 2 is 2.14 bits per heavy atom. The maximum absolute atomic E-state index is 10.3. The molecule has 0 aromatic heterocycles. The summed E-state index contributed by atoms with van der Waals surface area (Å²) < 4.78 is 0. The van der Waals surface area contributed by atoms with Gasteiger partial charge >= 0.3 is 5.97 Å². The predicted octanol–water partition coefficient (Wildman–Crippen LogP) is 2.15. The molecule has 3 N–H and O–H groups in total. The number of carbonyl (C=O) groups is 1. The highest BCUT2D eigenvalue weighted by Gasteiger charge is 2.18. The fraction of sp³-hybridized carbons (Fsp3) is 0.909. The smallest absolute Gasteiger partial charge is 0.303 e. The molecule has 14 heavy (non-hydrogen) atoms. The molecule has 0 heterocycles. The van der Waals surface area contributed by atoms with Crippen molar-refractivity contribution in [1.82, 2.24) is 0 Å². The molecule has 3 heteroatoms. The minimum atomic E-state index is -0.676. The van der Waals surface area contributed by atoms with Gasteiger partial charge < -0.3 is 10.8 Å². The molecule has 0 aromatic rings. The molecule has 1 saturated carbocycles. The summed E-state index contributed by atoms with van der Waals surface area (Å²) in [7, 11) is 0. The average Bonchev–Trinajstić information content (AvgIpc) is 2.12. The van der Waals surface area contributed by atoms with Gasteiger partial charge in [-0.25, -0.2) is 0 Å². The molecule has 0 aromatic carbocycles.